The van der Waals surface area contributed by atoms with Gasteiger partial charge in [0.2, 0.25) is 5.91 Å². The lowest BCUT2D eigenvalue weighted by molar-refractivity contribution is -0.114. The zero-order chi connectivity index (χ0) is 19.2. The predicted octanol–water partition coefficient (Wildman–Crippen LogP) is 4.69. The lowest BCUT2D eigenvalue weighted by Gasteiger charge is -2.10. The number of carbonyl (C=O) groups is 2. The monoisotopic (exact) mass is 380 g/mol. The maximum atomic E-state index is 12.5. The zero-order valence-electron chi connectivity index (χ0n) is 14.5. The van der Waals surface area contributed by atoms with Gasteiger partial charge in [0.15, 0.2) is 0 Å². The number of aromatic nitrogens is 1. The predicted molar refractivity (Wildman–Crippen MR) is 108 cm³/mol. The van der Waals surface area contributed by atoms with Gasteiger partial charge in [0.05, 0.1) is 28.2 Å². The zero-order valence-corrected chi connectivity index (χ0v) is 15.2. The molecule has 0 radical (unpaired) electrons. The van der Waals surface area contributed by atoms with Crippen molar-refractivity contribution in [3.63, 3.8) is 0 Å². The van der Waals surface area contributed by atoms with Crippen molar-refractivity contribution in [3.8, 4) is 0 Å². The highest BCUT2D eigenvalue weighted by Gasteiger charge is 2.09. The normalized spacial score (nSPS) is 10.1. The second-order valence-corrected chi connectivity index (χ2v) is 6.19. The molecular weight excluding hydrogens is 364 g/mol. The van der Waals surface area contributed by atoms with Gasteiger partial charge in [-0.25, -0.2) is 0 Å². The van der Waals surface area contributed by atoms with E-state index in [-0.39, 0.29) is 11.8 Å². The van der Waals surface area contributed by atoms with Gasteiger partial charge in [0, 0.05) is 24.5 Å². The molecule has 0 aliphatic rings. The molecule has 27 heavy (non-hydrogen) atoms. The van der Waals surface area contributed by atoms with Crippen LogP contribution in [0.25, 0.3) is 0 Å². The summed E-state index contributed by atoms with van der Waals surface area (Å²) in [5, 5.41) is 9.19. The topological polar surface area (TPSA) is 83.1 Å². The maximum absolute atomic E-state index is 12.5. The summed E-state index contributed by atoms with van der Waals surface area (Å²) in [6, 6.07) is 15.9. The highest BCUT2D eigenvalue weighted by molar-refractivity contribution is 6.33. The van der Waals surface area contributed by atoms with Crippen LogP contribution in [0.4, 0.5) is 22.7 Å². The largest absolute Gasteiger partial charge is 0.353 e. The molecule has 7 heteroatoms. The van der Waals surface area contributed by atoms with E-state index in [1.54, 1.807) is 42.6 Å². The number of pyridine rings is 1. The van der Waals surface area contributed by atoms with E-state index in [4.69, 9.17) is 11.6 Å². The van der Waals surface area contributed by atoms with Crippen LogP contribution in [0.5, 0.6) is 0 Å². The van der Waals surface area contributed by atoms with Crippen molar-refractivity contribution in [1.82, 2.24) is 4.98 Å². The fourth-order valence-electron chi connectivity index (χ4n) is 2.39. The van der Waals surface area contributed by atoms with Crippen molar-refractivity contribution < 1.29 is 9.59 Å². The first-order chi connectivity index (χ1) is 13.0. The first kappa shape index (κ1) is 18.4. The lowest BCUT2D eigenvalue weighted by atomic mass is 10.2. The molecule has 0 unspecified atom stereocenters. The first-order valence-corrected chi connectivity index (χ1v) is 8.55. The van der Waals surface area contributed by atoms with Gasteiger partial charge in [-0.15, -0.1) is 0 Å². The summed E-state index contributed by atoms with van der Waals surface area (Å²) in [7, 11) is 0. The molecule has 3 N–H and O–H groups in total. The number of halogens is 1. The quantitative estimate of drug-likeness (QED) is 0.599. The summed E-state index contributed by atoms with van der Waals surface area (Å²) in [6.07, 6.45) is 3.10. The van der Waals surface area contributed by atoms with Crippen molar-refractivity contribution in [3.05, 3.63) is 77.6 Å². The van der Waals surface area contributed by atoms with Crippen LogP contribution in [0.3, 0.4) is 0 Å². The average molecular weight is 381 g/mol. The Labute approximate surface area is 161 Å². The number of para-hydroxylation sites is 1. The van der Waals surface area contributed by atoms with E-state index < -0.39 is 0 Å². The SMILES string of the molecule is CC(=O)Nc1ccc(NC(=O)c2cncc(Nc3ccccc3Cl)c2)cc1. The van der Waals surface area contributed by atoms with Gasteiger partial charge in [-0.1, -0.05) is 23.7 Å². The van der Waals surface area contributed by atoms with E-state index in [0.29, 0.717) is 27.6 Å². The van der Waals surface area contributed by atoms with E-state index >= 15 is 0 Å². The van der Waals surface area contributed by atoms with Crippen LogP contribution in [0.15, 0.2) is 67.0 Å². The number of nitrogens with one attached hydrogen (secondary N) is 3. The average Bonchev–Trinajstić information content (AvgIpc) is 2.65. The maximum Gasteiger partial charge on any atom is 0.257 e. The molecule has 136 valence electrons. The van der Waals surface area contributed by atoms with Gasteiger partial charge in [0.25, 0.3) is 5.91 Å². The minimum absolute atomic E-state index is 0.152. The van der Waals surface area contributed by atoms with Gasteiger partial charge in [-0.2, -0.15) is 0 Å². The Balaban J connectivity index is 1.70. The number of hydrogen-bond donors (Lipinski definition) is 3. The smallest absolute Gasteiger partial charge is 0.257 e. The molecule has 1 heterocycles. The van der Waals surface area contributed by atoms with Crippen LogP contribution in [0.1, 0.15) is 17.3 Å². The highest BCUT2D eigenvalue weighted by Crippen LogP contribution is 2.25. The lowest BCUT2D eigenvalue weighted by Crippen LogP contribution is -2.12. The minimum atomic E-state index is -0.294. The van der Waals surface area contributed by atoms with Crippen LogP contribution in [0.2, 0.25) is 5.02 Å². The fraction of sp³-hybridized carbons (Fsp3) is 0.0500. The van der Waals surface area contributed by atoms with Gasteiger partial charge >= 0.3 is 0 Å². The van der Waals surface area contributed by atoms with Crippen molar-refractivity contribution in [1.29, 1.82) is 0 Å². The van der Waals surface area contributed by atoms with Crippen LogP contribution in [-0.2, 0) is 4.79 Å². The molecule has 0 spiro atoms. The van der Waals surface area contributed by atoms with E-state index in [1.165, 1.54) is 13.1 Å². The molecule has 0 fully saturated rings. The molecule has 1 aromatic heterocycles. The second-order valence-electron chi connectivity index (χ2n) is 5.78. The Hall–Kier alpha value is -3.38. The van der Waals surface area contributed by atoms with Crippen LogP contribution in [0, 0.1) is 0 Å². The molecule has 2 amide bonds. The number of benzene rings is 2. The molecule has 6 nitrogen and oxygen atoms in total. The summed E-state index contributed by atoms with van der Waals surface area (Å²) in [4.78, 5) is 27.6. The Morgan fingerprint density at radius 3 is 2.22 bits per heavy atom. The molecule has 0 aliphatic carbocycles. The summed E-state index contributed by atoms with van der Waals surface area (Å²) in [5.41, 5.74) is 3.05. The molecule has 0 bridgehead atoms. The van der Waals surface area contributed by atoms with Gasteiger partial charge in [-0.05, 0) is 42.5 Å². The molecule has 2 aromatic carbocycles. The molecular formula is C20H17ClN4O2. The Morgan fingerprint density at radius 1 is 0.889 bits per heavy atom. The van der Waals surface area contributed by atoms with Crippen molar-refractivity contribution >= 4 is 46.2 Å². The Morgan fingerprint density at radius 2 is 1.56 bits per heavy atom. The molecule has 3 aromatic rings. The number of carbonyl (C=O) groups excluding carboxylic acids is 2. The van der Waals surface area contributed by atoms with E-state index in [2.05, 4.69) is 20.9 Å². The first-order valence-electron chi connectivity index (χ1n) is 8.17. The third-order valence-electron chi connectivity index (χ3n) is 3.62. The van der Waals surface area contributed by atoms with Crippen molar-refractivity contribution in [2.45, 2.75) is 6.92 Å². The highest BCUT2D eigenvalue weighted by atomic mass is 35.5. The molecule has 0 aliphatic heterocycles. The van der Waals surface area contributed by atoms with Crippen molar-refractivity contribution in [2.24, 2.45) is 0 Å². The van der Waals surface area contributed by atoms with Gasteiger partial charge in [0.1, 0.15) is 0 Å². The second kappa shape index (κ2) is 8.33. The van der Waals surface area contributed by atoms with E-state index in [9.17, 15) is 9.59 Å². The van der Waals surface area contributed by atoms with Gasteiger partial charge < -0.3 is 16.0 Å². The number of hydrogen-bond acceptors (Lipinski definition) is 4. The minimum Gasteiger partial charge on any atom is -0.353 e. The fourth-order valence-corrected chi connectivity index (χ4v) is 2.58. The van der Waals surface area contributed by atoms with E-state index in [1.807, 2.05) is 18.2 Å². The third kappa shape index (κ3) is 5.05. The number of rotatable bonds is 5. The van der Waals surface area contributed by atoms with E-state index in [0.717, 1.165) is 5.69 Å². The van der Waals surface area contributed by atoms with Gasteiger partial charge in [-0.3, -0.25) is 14.6 Å². The number of amides is 2. The van der Waals surface area contributed by atoms with Crippen LogP contribution < -0.4 is 16.0 Å². The summed E-state index contributed by atoms with van der Waals surface area (Å²) < 4.78 is 0. The summed E-state index contributed by atoms with van der Waals surface area (Å²) in [5.74, 6) is -0.446. The standard InChI is InChI=1S/C20H17ClN4O2/c1-13(26)23-15-6-8-16(9-7-15)25-20(27)14-10-17(12-22-11-14)24-19-5-3-2-4-18(19)21/h2-12,24H,1H3,(H,23,26)(H,25,27). The Kier molecular flexibility index (Phi) is 5.68. The molecule has 0 saturated heterocycles. The molecule has 3 rings (SSSR count). The van der Waals surface area contributed by atoms with Crippen molar-refractivity contribution in [2.75, 3.05) is 16.0 Å². The number of nitrogens with zero attached hydrogens (tertiary/aromatic N) is 1. The summed E-state index contributed by atoms with van der Waals surface area (Å²) in [6.45, 7) is 1.44. The summed E-state index contributed by atoms with van der Waals surface area (Å²) >= 11 is 6.14. The molecule has 0 atom stereocenters. The van der Waals surface area contributed by atoms with Crippen LogP contribution in [-0.4, -0.2) is 16.8 Å². The third-order valence-corrected chi connectivity index (χ3v) is 3.95. The Bertz CT molecular complexity index is 974. The molecule has 0 saturated carbocycles. The number of anilines is 4. The van der Waals surface area contributed by atoms with Crippen LogP contribution >= 0.6 is 11.6 Å².